The molecule has 1 heterocycles. The van der Waals surface area contributed by atoms with Gasteiger partial charge in [-0.3, -0.25) is 4.79 Å². The fourth-order valence-corrected chi connectivity index (χ4v) is 3.22. The first-order valence-corrected chi connectivity index (χ1v) is 10.1. The van der Waals surface area contributed by atoms with Gasteiger partial charge in [0.05, 0.1) is 5.75 Å². The lowest BCUT2D eigenvalue weighted by Crippen LogP contribution is -2.15. The van der Waals surface area contributed by atoms with Crippen LogP contribution in [0, 0.1) is 13.8 Å². The molecular formula is C21H23N3O3S. The third kappa shape index (κ3) is 5.36. The van der Waals surface area contributed by atoms with E-state index in [2.05, 4.69) is 22.4 Å². The van der Waals surface area contributed by atoms with Crippen LogP contribution in [0.4, 0.5) is 5.69 Å². The molecular weight excluding hydrogens is 374 g/mol. The number of ether oxygens (including phenoxy) is 1. The largest absolute Gasteiger partial charge is 0.484 e. The van der Waals surface area contributed by atoms with Crippen molar-refractivity contribution in [1.29, 1.82) is 0 Å². The highest BCUT2D eigenvalue weighted by atomic mass is 32.2. The summed E-state index contributed by atoms with van der Waals surface area (Å²) in [7, 11) is 0. The zero-order valence-electron chi connectivity index (χ0n) is 16.2. The summed E-state index contributed by atoms with van der Waals surface area (Å²) in [6.07, 6.45) is 0.988. The molecule has 0 atom stereocenters. The van der Waals surface area contributed by atoms with Gasteiger partial charge >= 0.3 is 0 Å². The minimum atomic E-state index is -0.116. The van der Waals surface area contributed by atoms with E-state index in [1.54, 1.807) is 0 Å². The monoisotopic (exact) mass is 397 g/mol. The molecule has 0 saturated carbocycles. The van der Waals surface area contributed by atoms with Crippen LogP contribution >= 0.6 is 11.8 Å². The van der Waals surface area contributed by atoms with Crippen LogP contribution in [0.2, 0.25) is 0 Å². The number of aromatic nitrogens is 2. The SMILES string of the molecule is CCc1ccc(OCc2nnc(SCC(=O)Nc3c(C)cccc3C)o2)cc1. The molecule has 1 N–H and O–H groups in total. The van der Waals surface area contributed by atoms with Crippen molar-refractivity contribution in [2.45, 2.75) is 39.0 Å². The van der Waals surface area contributed by atoms with Crippen molar-refractivity contribution in [3.8, 4) is 5.75 Å². The van der Waals surface area contributed by atoms with Crippen LogP contribution in [0.25, 0.3) is 0 Å². The molecule has 0 bridgehead atoms. The second-order valence-corrected chi connectivity index (χ2v) is 7.28. The first-order valence-electron chi connectivity index (χ1n) is 9.08. The van der Waals surface area contributed by atoms with Gasteiger partial charge in [0.2, 0.25) is 5.91 Å². The van der Waals surface area contributed by atoms with Gasteiger partial charge in [0, 0.05) is 5.69 Å². The van der Waals surface area contributed by atoms with Crippen LogP contribution in [-0.2, 0) is 17.8 Å². The summed E-state index contributed by atoms with van der Waals surface area (Å²) >= 11 is 1.20. The fourth-order valence-electron chi connectivity index (χ4n) is 2.64. The molecule has 0 aliphatic carbocycles. The molecule has 0 unspecified atom stereocenters. The van der Waals surface area contributed by atoms with Crippen LogP contribution in [-0.4, -0.2) is 21.9 Å². The summed E-state index contributed by atoms with van der Waals surface area (Å²) in [6, 6.07) is 13.8. The Balaban J connectivity index is 1.48. The molecule has 3 rings (SSSR count). The van der Waals surface area contributed by atoms with Crippen LogP contribution in [0.5, 0.6) is 5.75 Å². The van der Waals surface area contributed by atoms with Gasteiger partial charge in [-0.05, 0) is 49.1 Å². The molecule has 0 saturated heterocycles. The van der Waals surface area contributed by atoms with Gasteiger partial charge in [-0.25, -0.2) is 0 Å². The Labute approximate surface area is 168 Å². The van der Waals surface area contributed by atoms with Gasteiger partial charge in [0.1, 0.15) is 5.75 Å². The number of hydrogen-bond donors (Lipinski definition) is 1. The average Bonchev–Trinajstić information content (AvgIpc) is 3.16. The molecule has 3 aromatic rings. The van der Waals surface area contributed by atoms with E-state index in [1.807, 2.05) is 56.3 Å². The van der Waals surface area contributed by atoms with E-state index < -0.39 is 0 Å². The number of hydrogen-bond acceptors (Lipinski definition) is 6. The molecule has 0 aliphatic rings. The minimum absolute atomic E-state index is 0.116. The second kappa shape index (κ2) is 9.41. The second-order valence-electron chi connectivity index (χ2n) is 6.35. The van der Waals surface area contributed by atoms with E-state index in [0.717, 1.165) is 29.0 Å². The van der Waals surface area contributed by atoms with E-state index in [4.69, 9.17) is 9.15 Å². The number of anilines is 1. The number of nitrogens with zero attached hydrogens (tertiary/aromatic N) is 2. The third-order valence-corrected chi connectivity index (χ3v) is 5.03. The van der Waals surface area contributed by atoms with Crippen molar-refractivity contribution in [2.24, 2.45) is 0 Å². The van der Waals surface area contributed by atoms with Crippen molar-refractivity contribution in [3.63, 3.8) is 0 Å². The Hall–Kier alpha value is -2.80. The third-order valence-electron chi connectivity index (χ3n) is 4.21. The fraction of sp³-hybridized carbons (Fsp3) is 0.286. The summed E-state index contributed by atoms with van der Waals surface area (Å²) in [4.78, 5) is 12.2. The van der Waals surface area contributed by atoms with E-state index in [0.29, 0.717) is 11.1 Å². The number of carbonyl (C=O) groups excluding carboxylic acids is 1. The number of rotatable bonds is 8. The number of aryl methyl sites for hydroxylation is 3. The maximum atomic E-state index is 12.2. The Kier molecular flexibility index (Phi) is 6.71. The first-order chi connectivity index (χ1) is 13.5. The lowest BCUT2D eigenvalue weighted by atomic mass is 10.1. The van der Waals surface area contributed by atoms with Crippen molar-refractivity contribution in [3.05, 3.63) is 65.0 Å². The van der Waals surface area contributed by atoms with Gasteiger partial charge in [0.25, 0.3) is 11.1 Å². The number of nitrogens with one attached hydrogen (secondary N) is 1. The smallest absolute Gasteiger partial charge is 0.277 e. The molecule has 0 radical (unpaired) electrons. The van der Waals surface area contributed by atoms with Crippen molar-refractivity contribution in [2.75, 3.05) is 11.1 Å². The highest BCUT2D eigenvalue weighted by Gasteiger charge is 2.12. The summed E-state index contributed by atoms with van der Waals surface area (Å²) in [5, 5.41) is 11.2. The van der Waals surface area contributed by atoms with Crippen molar-refractivity contribution in [1.82, 2.24) is 10.2 Å². The van der Waals surface area contributed by atoms with Crippen molar-refractivity contribution < 1.29 is 13.9 Å². The van der Waals surface area contributed by atoms with Gasteiger partial charge < -0.3 is 14.5 Å². The Morgan fingerprint density at radius 3 is 2.50 bits per heavy atom. The van der Waals surface area contributed by atoms with Crippen LogP contribution in [0.1, 0.15) is 29.5 Å². The lowest BCUT2D eigenvalue weighted by Gasteiger charge is -2.10. The lowest BCUT2D eigenvalue weighted by molar-refractivity contribution is -0.113. The van der Waals surface area contributed by atoms with Gasteiger partial charge in [-0.15, -0.1) is 10.2 Å². The summed E-state index contributed by atoms with van der Waals surface area (Å²) in [5.41, 5.74) is 4.16. The average molecular weight is 398 g/mol. The standard InChI is InChI=1S/C21H23N3O3S/c1-4-16-8-10-17(11-9-16)26-12-19-23-24-21(27-19)28-13-18(25)22-20-14(2)6-5-7-15(20)3/h5-11H,4,12-13H2,1-3H3,(H,22,25). The maximum absolute atomic E-state index is 12.2. The Bertz CT molecular complexity index is 918. The molecule has 0 aliphatic heterocycles. The van der Waals surface area contributed by atoms with E-state index in [-0.39, 0.29) is 18.3 Å². The zero-order chi connectivity index (χ0) is 19.9. The molecule has 2 aromatic carbocycles. The summed E-state index contributed by atoms with van der Waals surface area (Å²) in [6.45, 7) is 6.23. The molecule has 6 nitrogen and oxygen atoms in total. The highest BCUT2D eigenvalue weighted by Crippen LogP contribution is 2.22. The number of carbonyl (C=O) groups is 1. The predicted octanol–water partition coefficient (Wildman–Crippen LogP) is 4.56. The Morgan fingerprint density at radius 2 is 1.82 bits per heavy atom. The molecule has 0 fully saturated rings. The molecule has 1 amide bonds. The number of benzene rings is 2. The predicted molar refractivity (Wildman–Crippen MR) is 110 cm³/mol. The van der Waals surface area contributed by atoms with E-state index in [9.17, 15) is 4.79 Å². The van der Waals surface area contributed by atoms with Gasteiger partial charge in [-0.1, -0.05) is 49.0 Å². The molecule has 146 valence electrons. The normalized spacial score (nSPS) is 10.7. The molecule has 0 spiro atoms. The maximum Gasteiger partial charge on any atom is 0.277 e. The molecule has 1 aromatic heterocycles. The van der Waals surface area contributed by atoms with E-state index in [1.165, 1.54) is 17.3 Å². The molecule has 7 heteroatoms. The number of thioether (sulfide) groups is 1. The topological polar surface area (TPSA) is 77.2 Å². The summed E-state index contributed by atoms with van der Waals surface area (Å²) < 4.78 is 11.2. The van der Waals surface area contributed by atoms with E-state index >= 15 is 0 Å². The van der Waals surface area contributed by atoms with Crippen LogP contribution in [0.3, 0.4) is 0 Å². The quantitative estimate of drug-likeness (QED) is 0.562. The van der Waals surface area contributed by atoms with Gasteiger partial charge in [0.15, 0.2) is 6.61 Å². The molecule has 28 heavy (non-hydrogen) atoms. The Morgan fingerprint density at radius 1 is 1.11 bits per heavy atom. The number of amides is 1. The van der Waals surface area contributed by atoms with Gasteiger partial charge in [-0.2, -0.15) is 0 Å². The van der Waals surface area contributed by atoms with Crippen LogP contribution < -0.4 is 10.1 Å². The summed E-state index contributed by atoms with van der Waals surface area (Å²) in [5.74, 6) is 1.19. The van der Waals surface area contributed by atoms with Crippen molar-refractivity contribution >= 4 is 23.4 Å². The number of para-hydroxylation sites is 1. The highest BCUT2D eigenvalue weighted by molar-refractivity contribution is 7.99. The van der Waals surface area contributed by atoms with Crippen LogP contribution in [0.15, 0.2) is 52.1 Å². The first kappa shape index (κ1) is 19.9. The zero-order valence-corrected chi connectivity index (χ0v) is 17.0. The minimum Gasteiger partial charge on any atom is -0.484 e.